The molecule has 42 heavy (non-hydrogen) atoms. The van der Waals surface area contributed by atoms with Gasteiger partial charge in [0.05, 0.1) is 13.1 Å². The number of rotatable bonds is 34. The summed E-state index contributed by atoms with van der Waals surface area (Å²) < 4.78 is 5.25. The van der Waals surface area contributed by atoms with E-state index in [0.717, 1.165) is 0 Å². The maximum Gasteiger partial charge on any atom is 0.256 e. The maximum atomic E-state index is 2.63. The molecule has 2 heteroatoms. The minimum atomic E-state index is 1.22. The minimum absolute atomic E-state index is 1.22. The molecule has 0 aliphatic heterocycles. The largest absolute Gasteiger partial charge is 0.256 e. The molecule has 0 atom stereocenters. The summed E-state index contributed by atoms with van der Waals surface area (Å²) in [4.78, 5) is 0. The van der Waals surface area contributed by atoms with Gasteiger partial charge in [0.2, 0.25) is 0 Å². The molecule has 2 nitrogen and oxygen atoms in total. The molecule has 0 aromatic carbocycles. The zero-order valence-corrected chi connectivity index (χ0v) is 29.6. The molecule has 1 rings (SSSR count). The van der Waals surface area contributed by atoms with Crippen LogP contribution in [-0.2, 0) is 19.5 Å². The van der Waals surface area contributed by atoms with Crippen LogP contribution in [0.1, 0.15) is 226 Å². The van der Waals surface area contributed by atoms with Crippen molar-refractivity contribution in [3.8, 4) is 0 Å². The Kier molecular flexibility index (Phi) is 29.5. The van der Waals surface area contributed by atoms with E-state index in [4.69, 9.17) is 0 Å². The third-order valence-electron chi connectivity index (χ3n) is 9.60. The first-order valence-electron chi connectivity index (χ1n) is 19.9. The molecule has 0 N–H and O–H groups in total. The zero-order valence-electron chi connectivity index (χ0n) is 29.6. The first-order chi connectivity index (χ1) is 20.8. The van der Waals surface area contributed by atoms with E-state index < -0.39 is 0 Å². The maximum absolute atomic E-state index is 2.63. The summed E-state index contributed by atoms with van der Waals surface area (Å²) in [5.41, 5.74) is 0. The summed E-state index contributed by atoms with van der Waals surface area (Å²) in [7, 11) is 0. The lowest BCUT2D eigenvalue weighted by atomic mass is 10.0. The summed E-state index contributed by atoms with van der Waals surface area (Å²) in [6, 6.07) is 0. The van der Waals surface area contributed by atoms with Crippen LogP contribution in [0.5, 0.6) is 0 Å². The second kappa shape index (κ2) is 31.6. The van der Waals surface area contributed by atoms with Gasteiger partial charge < -0.3 is 0 Å². The smallest absolute Gasteiger partial charge is 0.234 e. The molecular weight excluding hydrogens is 508 g/mol. The van der Waals surface area contributed by atoms with Gasteiger partial charge in [-0.1, -0.05) is 188 Å². The van der Waals surface area contributed by atoms with Gasteiger partial charge in [-0.05, 0) is 32.1 Å². The molecule has 0 radical (unpaired) electrons. The number of aromatic nitrogens is 2. The molecule has 1 heterocycles. The average molecular weight is 588 g/mol. The van der Waals surface area contributed by atoms with Crippen LogP contribution in [-0.4, -0.2) is 4.57 Å². The number of unbranched alkanes of at least 4 members (excludes halogenated alkanes) is 28. The Bertz CT molecular complexity index is 648. The second-order valence-corrected chi connectivity index (χ2v) is 13.8. The highest BCUT2D eigenvalue weighted by Gasteiger charge is 2.16. The van der Waals surface area contributed by atoms with Gasteiger partial charge >= 0.3 is 0 Å². The van der Waals surface area contributed by atoms with Gasteiger partial charge in [-0.15, -0.1) is 0 Å². The standard InChI is InChI=1S/C40H79N2/c1-4-7-10-13-15-17-19-20-21-22-23-24-26-28-31-34-37-42-39-38-41(36-33-30-12-9-6-3)40(42)35-32-29-27-25-18-16-14-11-8-5-2/h38-39H,4-37H2,1-3H3/q+1. The van der Waals surface area contributed by atoms with E-state index in [1.165, 1.54) is 219 Å². The molecule has 1 aromatic rings. The van der Waals surface area contributed by atoms with Crippen LogP contribution < -0.4 is 4.57 Å². The molecule has 0 spiro atoms. The Morgan fingerprint density at radius 2 is 0.738 bits per heavy atom. The van der Waals surface area contributed by atoms with Crippen LogP contribution in [0.3, 0.4) is 0 Å². The average Bonchev–Trinajstić information content (AvgIpc) is 3.38. The van der Waals surface area contributed by atoms with Crippen molar-refractivity contribution in [3.63, 3.8) is 0 Å². The van der Waals surface area contributed by atoms with Crippen LogP contribution in [0.25, 0.3) is 0 Å². The molecule has 0 bridgehead atoms. The number of imidazole rings is 1. The Balaban J connectivity index is 2.18. The molecule has 0 saturated heterocycles. The summed E-state index contributed by atoms with van der Waals surface area (Å²) in [5, 5.41) is 0. The van der Waals surface area contributed by atoms with E-state index in [-0.39, 0.29) is 0 Å². The van der Waals surface area contributed by atoms with Crippen molar-refractivity contribution < 1.29 is 4.57 Å². The van der Waals surface area contributed by atoms with Crippen molar-refractivity contribution in [1.29, 1.82) is 0 Å². The molecule has 0 saturated carbocycles. The van der Waals surface area contributed by atoms with Crippen LogP contribution in [0.15, 0.2) is 12.4 Å². The first-order valence-corrected chi connectivity index (χ1v) is 19.9. The van der Waals surface area contributed by atoms with Gasteiger partial charge in [-0.25, -0.2) is 9.13 Å². The van der Waals surface area contributed by atoms with Gasteiger partial charge in [0.1, 0.15) is 12.4 Å². The number of aryl methyl sites for hydroxylation is 2. The topological polar surface area (TPSA) is 8.81 Å². The lowest BCUT2D eigenvalue weighted by Gasteiger charge is -2.07. The number of nitrogens with zero attached hydrogens (tertiary/aromatic N) is 2. The Labute approximate surface area is 266 Å². The fourth-order valence-corrected chi connectivity index (χ4v) is 6.68. The van der Waals surface area contributed by atoms with Gasteiger partial charge in [0.15, 0.2) is 0 Å². The van der Waals surface area contributed by atoms with Crippen molar-refractivity contribution in [1.82, 2.24) is 4.57 Å². The highest BCUT2D eigenvalue weighted by atomic mass is 15.1. The van der Waals surface area contributed by atoms with Crippen molar-refractivity contribution in [2.75, 3.05) is 0 Å². The molecule has 0 amide bonds. The second-order valence-electron chi connectivity index (χ2n) is 13.8. The Morgan fingerprint density at radius 1 is 0.405 bits per heavy atom. The van der Waals surface area contributed by atoms with Crippen LogP contribution in [0.4, 0.5) is 0 Å². The number of hydrogen-bond acceptors (Lipinski definition) is 0. The molecule has 0 fully saturated rings. The predicted octanol–water partition coefficient (Wildman–Crippen LogP) is 13.5. The molecule has 1 aromatic heterocycles. The van der Waals surface area contributed by atoms with E-state index in [2.05, 4.69) is 42.3 Å². The molecular formula is C40H79N2+. The summed E-state index contributed by atoms with van der Waals surface area (Å²) >= 11 is 0. The van der Waals surface area contributed by atoms with Crippen LogP contribution >= 0.6 is 0 Å². The Hall–Kier alpha value is -0.790. The quantitative estimate of drug-likeness (QED) is 0.0560. The van der Waals surface area contributed by atoms with Crippen molar-refractivity contribution in [2.24, 2.45) is 0 Å². The highest BCUT2D eigenvalue weighted by molar-refractivity contribution is 4.84. The molecule has 248 valence electrons. The van der Waals surface area contributed by atoms with Gasteiger partial charge in [-0.2, -0.15) is 0 Å². The molecule has 0 aliphatic carbocycles. The third kappa shape index (κ3) is 23.6. The highest BCUT2D eigenvalue weighted by Crippen LogP contribution is 2.15. The zero-order chi connectivity index (χ0) is 30.2. The Morgan fingerprint density at radius 3 is 1.14 bits per heavy atom. The van der Waals surface area contributed by atoms with E-state index in [9.17, 15) is 0 Å². The van der Waals surface area contributed by atoms with Crippen molar-refractivity contribution in [3.05, 3.63) is 18.2 Å². The molecule has 0 aliphatic rings. The van der Waals surface area contributed by atoms with Crippen LogP contribution in [0, 0.1) is 0 Å². The van der Waals surface area contributed by atoms with E-state index in [0.29, 0.717) is 0 Å². The van der Waals surface area contributed by atoms with Crippen LogP contribution in [0.2, 0.25) is 0 Å². The minimum Gasteiger partial charge on any atom is -0.234 e. The molecule has 0 unspecified atom stereocenters. The van der Waals surface area contributed by atoms with Crippen molar-refractivity contribution in [2.45, 2.75) is 239 Å². The fraction of sp³-hybridized carbons (Fsp3) is 0.925. The predicted molar refractivity (Wildman–Crippen MR) is 188 cm³/mol. The van der Waals surface area contributed by atoms with E-state index in [1.807, 2.05) is 0 Å². The van der Waals surface area contributed by atoms with Crippen molar-refractivity contribution >= 4 is 0 Å². The summed E-state index contributed by atoms with van der Waals surface area (Å²) in [6.07, 6.45) is 50.4. The van der Waals surface area contributed by atoms with E-state index in [1.54, 1.807) is 5.82 Å². The summed E-state index contributed by atoms with van der Waals surface area (Å²) in [6.45, 7) is 9.40. The number of hydrogen-bond donors (Lipinski definition) is 0. The SMILES string of the molecule is CCCCCCCCCCCCCCCCCCn1cc[n+](CCCCCCC)c1CCCCCCCCCCCC. The summed E-state index contributed by atoms with van der Waals surface area (Å²) in [5.74, 6) is 1.62. The fourth-order valence-electron chi connectivity index (χ4n) is 6.68. The monoisotopic (exact) mass is 588 g/mol. The first kappa shape index (κ1) is 39.2. The lowest BCUT2D eigenvalue weighted by molar-refractivity contribution is -0.704. The normalized spacial score (nSPS) is 11.6. The van der Waals surface area contributed by atoms with Gasteiger partial charge in [0, 0.05) is 6.42 Å². The van der Waals surface area contributed by atoms with Gasteiger partial charge in [-0.3, -0.25) is 0 Å². The van der Waals surface area contributed by atoms with E-state index >= 15 is 0 Å². The third-order valence-corrected chi connectivity index (χ3v) is 9.60. The van der Waals surface area contributed by atoms with Gasteiger partial charge in [0.25, 0.3) is 5.82 Å². The lowest BCUT2D eigenvalue weighted by Crippen LogP contribution is -2.37.